The molecule has 0 heterocycles. The maximum atomic E-state index is 11.8. The molecule has 0 bridgehead atoms. The molecule has 0 unspecified atom stereocenters. The molecule has 1 aromatic carbocycles. The molecule has 0 aliphatic rings. The minimum Gasteiger partial charge on any atom is -0.506 e. The topological polar surface area (TPSA) is 78.9 Å². The predicted octanol–water partition coefficient (Wildman–Crippen LogP) is 2.20. The zero-order valence-electron chi connectivity index (χ0n) is 12.1. The first-order valence-electron chi connectivity index (χ1n) is 6.21. The Morgan fingerprint density at radius 3 is 2.45 bits per heavy atom. The molecular weight excluding hydrogens is 260 g/mol. The van der Waals surface area contributed by atoms with E-state index in [1.807, 2.05) is 0 Å². The summed E-state index contributed by atoms with van der Waals surface area (Å²) in [5, 5.41) is 12.1. The summed E-state index contributed by atoms with van der Waals surface area (Å²) in [6.45, 7) is 5.09. The third kappa shape index (κ3) is 5.17. The smallest absolute Gasteiger partial charge is 0.410 e. The molecule has 20 heavy (non-hydrogen) atoms. The van der Waals surface area contributed by atoms with Crippen molar-refractivity contribution in [3.05, 3.63) is 24.3 Å². The van der Waals surface area contributed by atoms with Crippen molar-refractivity contribution in [2.45, 2.75) is 26.4 Å². The molecule has 0 spiro atoms. The first-order chi connectivity index (χ1) is 9.19. The molecule has 6 nitrogen and oxygen atoms in total. The average Bonchev–Trinajstić information content (AvgIpc) is 2.29. The summed E-state index contributed by atoms with van der Waals surface area (Å²) < 4.78 is 5.13. The summed E-state index contributed by atoms with van der Waals surface area (Å²) in [5.74, 6) is -0.444. The second kappa shape index (κ2) is 6.27. The number of anilines is 1. The molecular formula is C14H20N2O4. The van der Waals surface area contributed by atoms with Crippen molar-refractivity contribution in [2.24, 2.45) is 0 Å². The Hall–Kier alpha value is -2.24. The Morgan fingerprint density at radius 1 is 1.30 bits per heavy atom. The number of phenols is 1. The van der Waals surface area contributed by atoms with Crippen LogP contribution in [0.1, 0.15) is 20.8 Å². The SMILES string of the molecule is CN(CC(=O)Nc1ccccc1O)C(=O)OC(C)(C)C. The molecule has 0 saturated heterocycles. The largest absolute Gasteiger partial charge is 0.506 e. The van der Waals surface area contributed by atoms with Crippen LogP contribution >= 0.6 is 0 Å². The van der Waals surface area contributed by atoms with Gasteiger partial charge in [-0.05, 0) is 32.9 Å². The van der Waals surface area contributed by atoms with Crippen LogP contribution in [0.25, 0.3) is 0 Å². The van der Waals surface area contributed by atoms with Gasteiger partial charge in [-0.2, -0.15) is 0 Å². The Morgan fingerprint density at radius 2 is 1.90 bits per heavy atom. The van der Waals surface area contributed by atoms with Gasteiger partial charge in [-0.3, -0.25) is 4.79 Å². The standard InChI is InChI=1S/C14H20N2O4/c1-14(2,3)20-13(19)16(4)9-12(18)15-10-7-5-6-8-11(10)17/h5-8,17H,9H2,1-4H3,(H,15,18). The third-order valence-electron chi connectivity index (χ3n) is 2.26. The van der Waals surface area contributed by atoms with Gasteiger partial charge in [0.15, 0.2) is 0 Å². The molecule has 110 valence electrons. The summed E-state index contributed by atoms with van der Waals surface area (Å²) >= 11 is 0. The van der Waals surface area contributed by atoms with Crippen molar-refractivity contribution in [1.29, 1.82) is 0 Å². The molecule has 0 fully saturated rings. The van der Waals surface area contributed by atoms with Crippen LogP contribution in [0, 0.1) is 0 Å². The molecule has 6 heteroatoms. The zero-order valence-corrected chi connectivity index (χ0v) is 12.1. The van der Waals surface area contributed by atoms with E-state index in [2.05, 4.69) is 5.32 Å². The normalized spacial score (nSPS) is 10.8. The highest BCUT2D eigenvalue weighted by Crippen LogP contribution is 2.21. The molecule has 0 aromatic heterocycles. The van der Waals surface area contributed by atoms with Gasteiger partial charge >= 0.3 is 6.09 Å². The van der Waals surface area contributed by atoms with Gasteiger partial charge in [-0.25, -0.2) is 4.79 Å². The Labute approximate surface area is 118 Å². The lowest BCUT2D eigenvalue weighted by Crippen LogP contribution is -2.38. The first kappa shape index (κ1) is 15.8. The highest BCUT2D eigenvalue weighted by Gasteiger charge is 2.21. The summed E-state index contributed by atoms with van der Waals surface area (Å²) in [6.07, 6.45) is -0.579. The second-order valence-corrected chi connectivity index (χ2v) is 5.40. The van der Waals surface area contributed by atoms with E-state index in [0.29, 0.717) is 5.69 Å². The fraction of sp³-hybridized carbons (Fsp3) is 0.429. The van der Waals surface area contributed by atoms with Crippen molar-refractivity contribution in [3.8, 4) is 5.75 Å². The van der Waals surface area contributed by atoms with E-state index in [-0.39, 0.29) is 12.3 Å². The Balaban J connectivity index is 2.54. The van der Waals surface area contributed by atoms with E-state index in [1.165, 1.54) is 18.0 Å². The van der Waals surface area contributed by atoms with Gasteiger partial charge in [-0.15, -0.1) is 0 Å². The van der Waals surface area contributed by atoms with Crippen LogP contribution in [0.3, 0.4) is 0 Å². The number of phenolic OH excluding ortho intramolecular Hbond substituents is 1. The molecule has 0 aliphatic heterocycles. The number of hydrogen-bond acceptors (Lipinski definition) is 4. The van der Waals surface area contributed by atoms with Crippen molar-refractivity contribution in [2.75, 3.05) is 18.9 Å². The molecule has 0 aliphatic carbocycles. The highest BCUT2D eigenvalue weighted by molar-refractivity contribution is 5.94. The van der Waals surface area contributed by atoms with E-state index in [4.69, 9.17) is 4.74 Å². The van der Waals surface area contributed by atoms with Crippen LogP contribution in [0.2, 0.25) is 0 Å². The number of nitrogens with zero attached hydrogens (tertiary/aromatic N) is 1. The van der Waals surface area contributed by atoms with Crippen molar-refractivity contribution < 1.29 is 19.4 Å². The van der Waals surface area contributed by atoms with Crippen LogP contribution in [0.4, 0.5) is 10.5 Å². The maximum absolute atomic E-state index is 11.8. The molecule has 2 N–H and O–H groups in total. The number of hydrogen-bond donors (Lipinski definition) is 2. The highest BCUT2D eigenvalue weighted by atomic mass is 16.6. The van der Waals surface area contributed by atoms with Gasteiger partial charge in [-0.1, -0.05) is 12.1 Å². The van der Waals surface area contributed by atoms with Crippen LogP contribution in [0.5, 0.6) is 5.75 Å². The fourth-order valence-electron chi connectivity index (χ4n) is 1.39. The quantitative estimate of drug-likeness (QED) is 0.832. The number of amides is 2. The molecule has 1 aromatic rings. The fourth-order valence-corrected chi connectivity index (χ4v) is 1.39. The molecule has 1 rings (SSSR count). The average molecular weight is 280 g/mol. The van der Waals surface area contributed by atoms with E-state index in [1.54, 1.807) is 39.0 Å². The zero-order chi connectivity index (χ0) is 15.3. The van der Waals surface area contributed by atoms with Gasteiger partial charge in [0.05, 0.1) is 5.69 Å². The lowest BCUT2D eigenvalue weighted by Gasteiger charge is -2.24. The Kier molecular flexibility index (Phi) is 4.96. The molecule has 0 atom stereocenters. The number of likely N-dealkylation sites (N-methyl/N-ethyl adjacent to an activating group) is 1. The van der Waals surface area contributed by atoms with Gasteiger partial charge in [0, 0.05) is 7.05 Å². The minimum absolute atomic E-state index is 0.0271. The number of para-hydroxylation sites is 2. The number of carbonyl (C=O) groups is 2. The summed E-state index contributed by atoms with van der Waals surface area (Å²) in [7, 11) is 1.47. The van der Waals surface area contributed by atoms with E-state index >= 15 is 0 Å². The summed E-state index contributed by atoms with van der Waals surface area (Å²) in [6, 6.07) is 6.37. The van der Waals surface area contributed by atoms with Crippen molar-refractivity contribution in [3.63, 3.8) is 0 Å². The number of aromatic hydroxyl groups is 1. The lowest BCUT2D eigenvalue weighted by atomic mass is 10.2. The lowest BCUT2D eigenvalue weighted by molar-refractivity contribution is -0.117. The van der Waals surface area contributed by atoms with Crippen LogP contribution in [-0.4, -0.2) is 41.2 Å². The number of carbonyl (C=O) groups excluding carboxylic acids is 2. The monoisotopic (exact) mass is 280 g/mol. The van der Waals surface area contributed by atoms with Crippen molar-refractivity contribution >= 4 is 17.7 Å². The summed E-state index contributed by atoms with van der Waals surface area (Å²) in [5.41, 5.74) is -0.311. The number of rotatable bonds is 3. The number of benzene rings is 1. The van der Waals surface area contributed by atoms with Crippen LogP contribution in [-0.2, 0) is 9.53 Å². The van der Waals surface area contributed by atoms with E-state index in [9.17, 15) is 14.7 Å². The molecule has 0 radical (unpaired) electrons. The van der Waals surface area contributed by atoms with E-state index < -0.39 is 17.6 Å². The van der Waals surface area contributed by atoms with Crippen molar-refractivity contribution in [1.82, 2.24) is 4.90 Å². The van der Waals surface area contributed by atoms with E-state index in [0.717, 1.165) is 0 Å². The first-order valence-corrected chi connectivity index (χ1v) is 6.21. The minimum atomic E-state index is -0.612. The number of nitrogens with one attached hydrogen (secondary N) is 1. The Bertz CT molecular complexity index is 494. The second-order valence-electron chi connectivity index (χ2n) is 5.40. The van der Waals surface area contributed by atoms with Crippen LogP contribution in [0.15, 0.2) is 24.3 Å². The maximum Gasteiger partial charge on any atom is 0.410 e. The number of ether oxygens (including phenoxy) is 1. The van der Waals surface area contributed by atoms with Gasteiger partial charge in [0.25, 0.3) is 0 Å². The molecule has 0 saturated carbocycles. The summed E-state index contributed by atoms with van der Waals surface area (Å²) in [4.78, 5) is 24.6. The van der Waals surface area contributed by atoms with Crippen LogP contribution < -0.4 is 5.32 Å². The third-order valence-corrected chi connectivity index (χ3v) is 2.26. The van der Waals surface area contributed by atoms with Gasteiger partial charge in [0.2, 0.25) is 5.91 Å². The van der Waals surface area contributed by atoms with Gasteiger partial charge in [0.1, 0.15) is 17.9 Å². The van der Waals surface area contributed by atoms with Gasteiger partial charge < -0.3 is 20.1 Å². The predicted molar refractivity (Wildman–Crippen MR) is 75.6 cm³/mol. The molecule has 2 amide bonds.